The number of ether oxygens (including phenoxy) is 4. The van der Waals surface area contributed by atoms with Gasteiger partial charge in [0.15, 0.2) is 6.29 Å². The number of aromatic amines is 1. The number of aliphatic hydroxyl groups is 3. The fraction of sp³-hybridized carbons (Fsp3) is 0.742. The number of hydrogen-bond donors (Lipinski definition) is 8. The van der Waals surface area contributed by atoms with Gasteiger partial charge in [-0.05, 0) is 38.5 Å². The summed E-state index contributed by atoms with van der Waals surface area (Å²) in [7, 11) is -1.98. The monoisotopic (exact) mass is 765 g/mol. The molecule has 2 aliphatic rings. The highest BCUT2D eigenvalue weighted by Crippen LogP contribution is 2.50. The SMILES string of the molecule is COC[C@H]1O[C@@H](n2ccc(=O)[nH]c2=O)[C@@H](C/C=C/CCCCNC(=O)NCCCCO[C@@H]2O[C@H](CO)[C@H](O)[C@H](O)[C@H]2NC(C)=O)C1OP(=O)(O)OC. The number of allylic oxidation sites excluding steroid dienone is 2. The lowest BCUT2D eigenvalue weighted by Gasteiger charge is -2.42. The number of aromatic nitrogens is 2. The fourth-order valence-electron chi connectivity index (χ4n) is 5.85. The van der Waals surface area contributed by atoms with Gasteiger partial charge in [0.2, 0.25) is 5.91 Å². The van der Waals surface area contributed by atoms with Gasteiger partial charge in [0.25, 0.3) is 5.56 Å². The minimum Gasteiger partial charge on any atom is -0.394 e. The molecule has 8 N–H and O–H groups in total. The lowest BCUT2D eigenvalue weighted by Crippen LogP contribution is -2.64. The van der Waals surface area contributed by atoms with Crippen LogP contribution in [0.3, 0.4) is 0 Å². The molecule has 21 heteroatoms. The highest BCUT2D eigenvalue weighted by molar-refractivity contribution is 7.47. The maximum Gasteiger partial charge on any atom is 0.472 e. The van der Waals surface area contributed by atoms with Crippen molar-refractivity contribution < 1.29 is 62.4 Å². The van der Waals surface area contributed by atoms with Gasteiger partial charge in [0.1, 0.15) is 42.8 Å². The summed E-state index contributed by atoms with van der Waals surface area (Å²) in [5.41, 5.74) is -1.30. The van der Waals surface area contributed by atoms with E-state index in [0.29, 0.717) is 38.8 Å². The predicted molar refractivity (Wildman–Crippen MR) is 182 cm³/mol. The molecule has 0 aliphatic carbocycles. The Morgan fingerprint density at radius 1 is 1.04 bits per heavy atom. The minimum absolute atomic E-state index is 0.000207. The molecule has 2 fully saturated rings. The molecule has 2 aliphatic heterocycles. The molecule has 10 atom stereocenters. The fourth-order valence-corrected chi connectivity index (χ4v) is 6.54. The second-order valence-corrected chi connectivity index (χ2v) is 13.8. The van der Waals surface area contributed by atoms with E-state index in [1.165, 1.54) is 30.9 Å². The Bertz CT molecular complexity index is 1460. The molecule has 3 amide bonds. The number of unbranched alkanes of at least 4 members (excludes halogenated alkanes) is 3. The van der Waals surface area contributed by atoms with Crippen LogP contribution in [0.2, 0.25) is 0 Å². The molecule has 20 nitrogen and oxygen atoms in total. The van der Waals surface area contributed by atoms with E-state index in [4.69, 9.17) is 23.5 Å². The summed E-state index contributed by atoms with van der Waals surface area (Å²) in [4.78, 5) is 60.1. The first-order chi connectivity index (χ1) is 24.8. The Hall–Kier alpha value is -3.01. The lowest BCUT2D eigenvalue weighted by molar-refractivity contribution is -0.270. The molecule has 0 radical (unpaired) electrons. The van der Waals surface area contributed by atoms with Crippen LogP contribution < -0.4 is 27.2 Å². The Labute approximate surface area is 300 Å². The second-order valence-electron chi connectivity index (χ2n) is 12.3. The third-order valence-corrected chi connectivity index (χ3v) is 9.43. The molecular weight excluding hydrogens is 713 g/mol. The van der Waals surface area contributed by atoms with E-state index in [2.05, 4.69) is 25.5 Å². The number of hydrogen-bond acceptors (Lipinski definition) is 14. The smallest absolute Gasteiger partial charge is 0.394 e. The third kappa shape index (κ3) is 13.1. The van der Waals surface area contributed by atoms with Crippen molar-refractivity contribution in [2.24, 2.45) is 5.92 Å². The van der Waals surface area contributed by atoms with Gasteiger partial charge in [-0.3, -0.25) is 28.2 Å². The molecule has 3 heterocycles. The number of rotatable bonds is 21. The first kappa shape index (κ1) is 43.4. The van der Waals surface area contributed by atoms with E-state index in [1.807, 2.05) is 12.2 Å². The molecule has 0 spiro atoms. The van der Waals surface area contributed by atoms with Crippen LogP contribution in [0.25, 0.3) is 0 Å². The number of nitrogens with zero attached hydrogens (tertiary/aromatic N) is 1. The molecule has 52 heavy (non-hydrogen) atoms. The van der Waals surface area contributed by atoms with Crippen LogP contribution in [-0.2, 0) is 37.4 Å². The Morgan fingerprint density at radius 3 is 2.38 bits per heavy atom. The summed E-state index contributed by atoms with van der Waals surface area (Å²) in [6.45, 7) is 1.68. The van der Waals surface area contributed by atoms with Crippen LogP contribution in [0.5, 0.6) is 0 Å². The maximum atomic E-state index is 12.6. The van der Waals surface area contributed by atoms with E-state index in [0.717, 1.165) is 13.5 Å². The number of carbonyl (C=O) groups is 2. The van der Waals surface area contributed by atoms with Crippen molar-refractivity contribution in [2.75, 3.05) is 47.1 Å². The van der Waals surface area contributed by atoms with Gasteiger partial charge in [-0.15, -0.1) is 0 Å². The summed E-state index contributed by atoms with van der Waals surface area (Å²) in [6, 6.07) is -0.182. The van der Waals surface area contributed by atoms with Gasteiger partial charge in [-0.1, -0.05) is 12.2 Å². The summed E-state index contributed by atoms with van der Waals surface area (Å²) < 4.78 is 46.0. The number of urea groups is 1. The van der Waals surface area contributed by atoms with E-state index in [1.54, 1.807) is 0 Å². The van der Waals surface area contributed by atoms with Gasteiger partial charge >= 0.3 is 19.5 Å². The average molecular weight is 766 g/mol. The number of phosphoric acid groups is 1. The van der Waals surface area contributed by atoms with E-state index in [-0.39, 0.29) is 25.7 Å². The van der Waals surface area contributed by atoms with Crippen LogP contribution in [-0.4, -0.2) is 132 Å². The molecule has 2 unspecified atom stereocenters. The van der Waals surface area contributed by atoms with Gasteiger partial charge in [-0.2, -0.15) is 0 Å². The number of methoxy groups -OCH3 is 1. The van der Waals surface area contributed by atoms with Crippen molar-refractivity contribution in [3.8, 4) is 0 Å². The standard InChI is InChI=1S/C31H52N5O15P/c1-19(38)34-24-26(41)25(40)21(17-37)50-29(24)48-16-10-9-14-33-30(42)32-13-8-6-4-5-7-11-20-27(51-52(44,45)47-3)22(18-46-2)49-28(20)36-15-12-23(39)35-31(36)43/h5,7,12,15,20-22,24-29,37,40-41H,4,6,8-11,13-14,16-18H2,1-3H3,(H,34,38)(H,44,45)(H2,32,33,42)(H,35,39,43)/b7-5+/t20-,21+,22+,24+,25-,26+,27?,28+,29+/m0/s1. The average Bonchev–Trinajstić information content (AvgIpc) is 3.41. The highest BCUT2D eigenvalue weighted by Gasteiger charge is 2.49. The normalized spacial score (nSPS) is 28.8. The van der Waals surface area contributed by atoms with Crippen LogP contribution >= 0.6 is 7.82 Å². The van der Waals surface area contributed by atoms with Crippen LogP contribution in [0.4, 0.5) is 4.79 Å². The zero-order chi connectivity index (χ0) is 38.3. The minimum atomic E-state index is -4.44. The quantitative estimate of drug-likeness (QED) is 0.0423. The largest absolute Gasteiger partial charge is 0.472 e. The summed E-state index contributed by atoms with van der Waals surface area (Å²) >= 11 is 0. The molecule has 1 aromatic rings. The molecular formula is C31H52N5O15P. The van der Waals surface area contributed by atoms with Crippen LogP contribution in [0.15, 0.2) is 34.0 Å². The molecule has 0 saturated carbocycles. The van der Waals surface area contributed by atoms with Crippen LogP contribution in [0, 0.1) is 5.92 Å². The number of phosphoric ester groups is 1. The molecule has 3 rings (SSSR count). The second kappa shape index (κ2) is 21.6. The lowest BCUT2D eigenvalue weighted by atomic mass is 9.95. The van der Waals surface area contributed by atoms with Gasteiger partial charge < -0.3 is 55.1 Å². The molecule has 0 aromatic carbocycles. The first-order valence-electron chi connectivity index (χ1n) is 17.0. The molecule has 1 aromatic heterocycles. The third-order valence-electron chi connectivity index (χ3n) is 8.46. The van der Waals surface area contributed by atoms with Crippen molar-refractivity contribution in [2.45, 2.75) is 94.5 Å². The summed E-state index contributed by atoms with van der Waals surface area (Å²) in [6.07, 6.45) is 0.815. The van der Waals surface area contributed by atoms with Crippen LogP contribution in [0.1, 0.15) is 51.7 Å². The first-order valence-corrected chi connectivity index (χ1v) is 18.5. The number of H-pyrrole nitrogens is 1. The zero-order valence-electron chi connectivity index (χ0n) is 29.5. The number of nitrogens with one attached hydrogen (secondary N) is 4. The molecule has 0 bridgehead atoms. The van der Waals surface area contributed by atoms with Gasteiger partial charge in [0, 0.05) is 59.0 Å². The molecule has 296 valence electrons. The summed E-state index contributed by atoms with van der Waals surface area (Å²) in [5.74, 6) is -1.08. The number of aliphatic hydroxyl groups excluding tert-OH is 3. The van der Waals surface area contributed by atoms with Crippen molar-refractivity contribution in [3.63, 3.8) is 0 Å². The Kier molecular flexibility index (Phi) is 18.1. The Balaban J connectivity index is 1.37. The van der Waals surface area contributed by atoms with E-state index >= 15 is 0 Å². The topological polar surface area (TPSA) is 278 Å². The predicted octanol–water partition coefficient (Wildman–Crippen LogP) is -1.02. The van der Waals surface area contributed by atoms with Crippen molar-refractivity contribution in [1.82, 2.24) is 25.5 Å². The van der Waals surface area contributed by atoms with Crippen molar-refractivity contribution >= 4 is 19.8 Å². The van der Waals surface area contributed by atoms with E-state index < -0.39 is 86.6 Å². The van der Waals surface area contributed by atoms with Gasteiger partial charge in [-0.25, -0.2) is 14.2 Å². The van der Waals surface area contributed by atoms with Gasteiger partial charge in [0.05, 0.1) is 13.2 Å². The van der Waals surface area contributed by atoms with Crippen molar-refractivity contribution in [1.29, 1.82) is 0 Å². The zero-order valence-corrected chi connectivity index (χ0v) is 30.4. The molecule has 2 saturated heterocycles. The maximum absolute atomic E-state index is 12.6. The van der Waals surface area contributed by atoms with E-state index in [9.17, 15) is 44.0 Å². The highest BCUT2D eigenvalue weighted by atomic mass is 31.2. The van der Waals surface area contributed by atoms with Crippen molar-refractivity contribution in [3.05, 3.63) is 45.3 Å². The summed E-state index contributed by atoms with van der Waals surface area (Å²) in [5, 5.41) is 37.8. The number of amides is 3. The Morgan fingerprint density at radius 2 is 1.75 bits per heavy atom. The number of carbonyl (C=O) groups excluding carboxylic acids is 2.